The lowest BCUT2D eigenvalue weighted by atomic mass is 9.92. The first-order valence-electron chi connectivity index (χ1n) is 13.2. The molecule has 31 heavy (non-hydrogen) atoms. The van der Waals surface area contributed by atoms with Crippen LogP contribution in [0.2, 0.25) is 0 Å². The fourth-order valence-electron chi connectivity index (χ4n) is 3.89. The Morgan fingerprint density at radius 3 is 1.52 bits per heavy atom. The predicted octanol–water partition coefficient (Wildman–Crippen LogP) is 5.65. The summed E-state index contributed by atoms with van der Waals surface area (Å²) in [7, 11) is 0. The van der Waals surface area contributed by atoms with E-state index in [1.54, 1.807) is 0 Å². The third kappa shape index (κ3) is 17.0. The highest BCUT2D eigenvalue weighted by Gasteiger charge is 2.31. The molecule has 0 aliphatic carbocycles. The van der Waals surface area contributed by atoms with E-state index in [1.165, 1.54) is 96.3 Å². The summed E-state index contributed by atoms with van der Waals surface area (Å²) in [6.45, 7) is 4.63. The smallest absolute Gasteiger partial charge is 0.104 e. The van der Waals surface area contributed by atoms with Gasteiger partial charge in [0.25, 0.3) is 0 Å². The molecule has 0 aromatic heterocycles. The normalized spacial score (nSPS) is 16.2. The fraction of sp³-hybridized carbons (Fsp3) is 1.00. The number of aliphatic hydroxyl groups excluding tert-OH is 2. The van der Waals surface area contributed by atoms with Crippen LogP contribution in [0.3, 0.4) is 0 Å². The SMILES string of the molecule is CCCCCCCCCCCCCCCCCCOCC(CO)(CO)COCC1CO1. The highest BCUT2D eigenvalue weighted by Crippen LogP contribution is 2.19. The van der Waals surface area contributed by atoms with E-state index in [2.05, 4.69) is 6.92 Å². The minimum absolute atomic E-state index is 0.131. The van der Waals surface area contributed by atoms with Crippen LogP contribution in [-0.4, -0.2) is 62.6 Å². The van der Waals surface area contributed by atoms with Gasteiger partial charge in [0.05, 0.1) is 45.1 Å². The van der Waals surface area contributed by atoms with Gasteiger partial charge in [0.1, 0.15) is 6.10 Å². The van der Waals surface area contributed by atoms with Gasteiger partial charge in [-0.3, -0.25) is 0 Å². The summed E-state index contributed by atoms with van der Waals surface area (Å²) in [5.74, 6) is 0. The maximum atomic E-state index is 9.65. The molecule has 1 atom stereocenters. The van der Waals surface area contributed by atoms with Gasteiger partial charge in [0, 0.05) is 6.61 Å². The summed E-state index contributed by atoms with van der Waals surface area (Å²) < 4.78 is 16.4. The van der Waals surface area contributed by atoms with Crippen LogP contribution >= 0.6 is 0 Å². The van der Waals surface area contributed by atoms with Crippen molar-refractivity contribution >= 4 is 0 Å². The third-order valence-corrected chi connectivity index (χ3v) is 6.34. The monoisotopic (exact) mass is 444 g/mol. The number of hydrogen-bond acceptors (Lipinski definition) is 5. The van der Waals surface area contributed by atoms with Crippen molar-refractivity contribution in [3.8, 4) is 0 Å². The summed E-state index contributed by atoms with van der Waals surface area (Å²) in [4.78, 5) is 0. The molecule has 0 amide bonds. The lowest BCUT2D eigenvalue weighted by Gasteiger charge is -2.29. The number of unbranched alkanes of at least 4 members (excludes halogenated alkanes) is 15. The lowest BCUT2D eigenvalue weighted by molar-refractivity contribution is -0.0788. The Hall–Kier alpha value is -0.200. The Balaban J connectivity index is 1.81. The number of ether oxygens (including phenoxy) is 3. The van der Waals surface area contributed by atoms with Gasteiger partial charge in [-0.25, -0.2) is 0 Å². The average Bonchev–Trinajstić information content (AvgIpc) is 3.61. The molecule has 2 N–H and O–H groups in total. The average molecular weight is 445 g/mol. The Kier molecular flexibility index (Phi) is 19.0. The Morgan fingerprint density at radius 1 is 0.677 bits per heavy atom. The molecule has 1 rings (SSSR count). The minimum Gasteiger partial charge on any atom is -0.396 e. The number of aliphatic hydroxyl groups is 2. The van der Waals surface area contributed by atoms with E-state index in [1.807, 2.05) is 0 Å². The van der Waals surface area contributed by atoms with E-state index < -0.39 is 5.41 Å². The van der Waals surface area contributed by atoms with Gasteiger partial charge in [-0.1, -0.05) is 103 Å². The second-order valence-corrected chi connectivity index (χ2v) is 9.64. The summed E-state index contributed by atoms with van der Waals surface area (Å²) >= 11 is 0. The zero-order valence-corrected chi connectivity index (χ0v) is 20.5. The van der Waals surface area contributed by atoms with Gasteiger partial charge in [-0.15, -0.1) is 0 Å². The number of epoxide rings is 1. The van der Waals surface area contributed by atoms with Crippen molar-refractivity contribution in [2.24, 2.45) is 5.41 Å². The zero-order valence-electron chi connectivity index (χ0n) is 20.5. The molecule has 5 heteroatoms. The molecule has 0 radical (unpaired) electrons. The number of rotatable bonds is 25. The molecule has 0 saturated carbocycles. The van der Waals surface area contributed by atoms with Crippen molar-refractivity contribution in [3.05, 3.63) is 0 Å². The predicted molar refractivity (Wildman–Crippen MR) is 128 cm³/mol. The molecule has 1 heterocycles. The highest BCUT2D eigenvalue weighted by molar-refractivity contribution is 4.78. The van der Waals surface area contributed by atoms with Gasteiger partial charge in [0.15, 0.2) is 0 Å². The van der Waals surface area contributed by atoms with E-state index in [-0.39, 0.29) is 19.3 Å². The molecule has 0 spiro atoms. The van der Waals surface area contributed by atoms with Gasteiger partial charge in [-0.2, -0.15) is 0 Å². The van der Waals surface area contributed by atoms with Crippen LogP contribution in [0.4, 0.5) is 0 Å². The van der Waals surface area contributed by atoms with Crippen LogP contribution in [0.1, 0.15) is 110 Å². The van der Waals surface area contributed by atoms with Crippen LogP contribution in [0.25, 0.3) is 0 Å². The maximum Gasteiger partial charge on any atom is 0.104 e. The standard InChI is InChI=1S/C26H52O5/c1-2-3-4-5-6-7-8-9-10-11-12-13-14-15-16-17-18-29-23-26(21-27,22-28)24-30-19-25-20-31-25/h25,27-28H,2-24H2,1H3. The summed E-state index contributed by atoms with van der Waals surface area (Å²) in [5.41, 5.74) is -0.704. The Labute approximate surface area is 192 Å². The van der Waals surface area contributed by atoms with E-state index in [4.69, 9.17) is 14.2 Å². The van der Waals surface area contributed by atoms with Crippen molar-refractivity contribution in [1.29, 1.82) is 0 Å². The first-order chi connectivity index (χ1) is 15.3. The molecule has 0 aromatic rings. The van der Waals surface area contributed by atoms with E-state index in [9.17, 15) is 10.2 Å². The first-order valence-corrected chi connectivity index (χ1v) is 13.2. The van der Waals surface area contributed by atoms with Crippen LogP contribution in [0, 0.1) is 5.41 Å². The van der Waals surface area contributed by atoms with E-state index in [0.29, 0.717) is 26.4 Å². The second-order valence-electron chi connectivity index (χ2n) is 9.64. The van der Waals surface area contributed by atoms with Crippen molar-refractivity contribution in [2.75, 3.05) is 46.2 Å². The topological polar surface area (TPSA) is 71.5 Å². The van der Waals surface area contributed by atoms with Gasteiger partial charge >= 0.3 is 0 Å². The first kappa shape index (κ1) is 28.8. The second kappa shape index (κ2) is 20.4. The molecule has 1 aliphatic rings. The molecule has 5 nitrogen and oxygen atoms in total. The lowest BCUT2D eigenvalue weighted by Crippen LogP contribution is -2.40. The molecular weight excluding hydrogens is 392 g/mol. The van der Waals surface area contributed by atoms with Crippen LogP contribution in [0.15, 0.2) is 0 Å². The molecule has 1 saturated heterocycles. The zero-order chi connectivity index (χ0) is 22.5. The highest BCUT2D eigenvalue weighted by atomic mass is 16.6. The van der Waals surface area contributed by atoms with Crippen LogP contribution in [0.5, 0.6) is 0 Å². The van der Waals surface area contributed by atoms with Crippen molar-refractivity contribution < 1.29 is 24.4 Å². The molecule has 186 valence electrons. The summed E-state index contributed by atoms with van der Waals surface area (Å²) in [6, 6.07) is 0. The molecular formula is C26H52O5. The molecule has 0 aromatic carbocycles. The summed E-state index contributed by atoms with van der Waals surface area (Å²) in [6.07, 6.45) is 21.9. The fourth-order valence-corrected chi connectivity index (χ4v) is 3.89. The van der Waals surface area contributed by atoms with Gasteiger partial charge < -0.3 is 24.4 Å². The maximum absolute atomic E-state index is 9.65. The molecule has 1 aliphatic heterocycles. The van der Waals surface area contributed by atoms with Crippen molar-refractivity contribution in [3.63, 3.8) is 0 Å². The van der Waals surface area contributed by atoms with Crippen LogP contribution < -0.4 is 0 Å². The molecule has 1 fully saturated rings. The number of hydrogen-bond donors (Lipinski definition) is 2. The van der Waals surface area contributed by atoms with Gasteiger partial charge in [-0.05, 0) is 6.42 Å². The van der Waals surface area contributed by atoms with E-state index >= 15 is 0 Å². The van der Waals surface area contributed by atoms with Gasteiger partial charge in [0.2, 0.25) is 0 Å². The quantitative estimate of drug-likeness (QED) is 0.141. The van der Waals surface area contributed by atoms with Crippen molar-refractivity contribution in [1.82, 2.24) is 0 Å². The van der Waals surface area contributed by atoms with Crippen molar-refractivity contribution in [2.45, 2.75) is 116 Å². The van der Waals surface area contributed by atoms with E-state index in [0.717, 1.165) is 13.0 Å². The third-order valence-electron chi connectivity index (χ3n) is 6.34. The Morgan fingerprint density at radius 2 is 1.10 bits per heavy atom. The molecule has 0 bridgehead atoms. The minimum atomic E-state index is -0.704. The summed E-state index contributed by atoms with van der Waals surface area (Å²) in [5, 5.41) is 19.3. The Bertz CT molecular complexity index is 369. The largest absolute Gasteiger partial charge is 0.396 e. The van der Waals surface area contributed by atoms with Crippen LogP contribution in [-0.2, 0) is 14.2 Å². The molecule has 1 unspecified atom stereocenters.